The lowest BCUT2D eigenvalue weighted by Crippen LogP contribution is -2.14. The lowest BCUT2D eigenvalue weighted by Gasteiger charge is -2.08. The predicted octanol–water partition coefficient (Wildman–Crippen LogP) is 3.08. The fourth-order valence-electron chi connectivity index (χ4n) is 2.41. The first-order chi connectivity index (χ1) is 11.7. The molecule has 0 spiro atoms. The van der Waals surface area contributed by atoms with Gasteiger partial charge >= 0.3 is 0 Å². The molecule has 0 aliphatic carbocycles. The Morgan fingerprint density at radius 1 is 1.29 bits per heavy atom. The van der Waals surface area contributed by atoms with Crippen LogP contribution in [0, 0.1) is 0 Å². The first-order valence-electron chi connectivity index (χ1n) is 8.26. The molecule has 1 heterocycles. The van der Waals surface area contributed by atoms with Crippen LogP contribution in [0.1, 0.15) is 43.5 Å². The molecule has 1 aromatic heterocycles. The third-order valence-corrected chi connectivity index (χ3v) is 3.71. The molecule has 0 aliphatic heterocycles. The van der Waals surface area contributed by atoms with Crippen molar-refractivity contribution in [3.05, 3.63) is 35.4 Å². The number of rotatable bonds is 9. The zero-order valence-corrected chi connectivity index (χ0v) is 14.2. The topological polar surface area (TPSA) is 84.1 Å². The smallest absolute Gasteiger partial charge is 0.266 e. The van der Waals surface area contributed by atoms with Gasteiger partial charge in [-0.15, -0.1) is 0 Å². The number of hydrogen-bond donors (Lipinski definition) is 2. The molecule has 6 heteroatoms. The van der Waals surface area contributed by atoms with E-state index in [2.05, 4.69) is 17.4 Å². The highest BCUT2D eigenvalue weighted by molar-refractivity contribution is 5.96. The Hall–Kier alpha value is -2.34. The van der Waals surface area contributed by atoms with E-state index in [4.69, 9.17) is 14.4 Å². The lowest BCUT2D eigenvalue weighted by molar-refractivity contribution is 0.101. The highest BCUT2D eigenvalue weighted by Gasteiger charge is 2.09. The van der Waals surface area contributed by atoms with Gasteiger partial charge in [0.15, 0.2) is 5.78 Å². The van der Waals surface area contributed by atoms with E-state index < -0.39 is 0 Å². The molecule has 2 aromatic rings. The molecule has 0 saturated heterocycles. The van der Waals surface area contributed by atoms with Gasteiger partial charge in [-0.2, -0.15) is 0 Å². The Kier molecular flexibility index (Phi) is 6.81. The molecule has 0 amide bonds. The van der Waals surface area contributed by atoms with Crippen LogP contribution >= 0.6 is 0 Å². The van der Waals surface area contributed by atoms with Crippen LogP contribution in [0.2, 0.25) is 0 Å². The number of hydrogen-bond acceptors (Lipinski definition) is 6. The van der Waals surface area contributed by atoms with E-state index in [0.29, 0.717) is 17.9 Å². The summed E-state index contributed by atoms with van der Waals surface area (Å²) in [5, 5.41) is 16.1. The predicted molar refractivity (Wildman–Crippen MR) is 91.5 cm³/mol. The van der Waals surface area contributed by atoms with Gasteiger partial charge in [0.1, 0.15) is 11.3 Å². The molecule has 1 aromatic carbocycles. The number of fused-ring (bicyclic) bond motifs is 1. The van der Waals surface area contributed by atoms with Crippen LogP contribution in [-0.2, 0) is 0 Å². The van der Waals surface area contributed by atoms with Gasteiger partial charge in [-0.3, -0.25) is 4.79 Å². The van der Waals surface area contributed by atoms with Crippen molar-refractivity contribution in [2.75, 3.05) is 19.7 Å². The molecule has 24 heavy (non-hydrogen) atoms. The number of carbonyl (C=O) groups excluding carboxylic acids is 1. The zero-order valence-electron chi connectivity index (χ0n) is 14.2. The molecule has 0 unspecified atom stereocenters. The summed E-state index contributed by atoms with van der Waals surface area (Å²) in [7, 11) is 0. The molecule has 130 valence electrons. The maximum absolute atomic E-state index is 11.5. The van der Waals surface area contributed by atoms with Gasteiger partial charge in [-0.05, 0) is 62.6 Å². The standard InChI is InChI=1S/C18H24N2O4/c1-3-19-9-5-4-6-10-23-15-8-7-14-11-16(13(2)21)18(20-22)24-17(14)12-15/h7-8,11-12,19,22H,3-6,9-10H2,1-2H3. The first kappa shape index (κ1) is 18.0. The van der Waals surface area contributed by atoms with E-state index in [1.165, 1.54) is 6.92 Å². The number of ketones is 1. The van der Waals surface area contributed by atoms with E-state index in [9.17, 15) is 4.79 Å². The number of nitrogens with one attached hydrogen (secondary N) is 1. The fraction of sp³-hybridized carbons (Fsp3) is 0.444. The highest BCUT2D eigenvalue weighted by Crippen LogP contribution is 2.21. The summed E-state index contributed by atoms with van der Waals surface area (Å²) in [5.41, 5.74) is 0.673. The third-order valence-electron chi connectivity index (χ3n) is 3.71. The Balaban J connectivity index is 2.01. The molecule has 0 saturated carbocycles. The van der Waals surface area contributed by atoms with Crippen molar-refractivity contribution in [3.8, 4) is 5.75 Å². The van der Waals surface area contributed by atoms with Crippen LogP contribution in [0.4, 0.5) is 0 Å². The average molecular weight is 332 g/mol. The minimum absolute atomic E-state index is 0.0874. The Labute approximate surface area is 141 Å². The number of unbranched alkanes of at least 4 members (excludes halogenated alkanes) is 2. The number of carbonyl (C=O) groups is 1. The van der Waals surface area contributed by atoms with Crippen LogP contribution in [0.15, 0.2) is 33.8 Å². The van der Waals surface area contributed by atoms with Gasteiger partial charge in [-0.25, -0.2) is 0 Å². The van der Waals surface area contributed by atoms with E-state index >= 15 is 0 Å². The molecule has 6 nitrogen and oxygen atoms in total. The van der Waals surface area contributed by atoms with Crippen LogP contribution in [0.5, 0.6) is 5.75 Å². The monoisotopic (exact) mass is 332 g/mol. The van der Waals surface area contributed by atoms with E-state index in [1.807, 2.05) is 12.1 Å². The number of benzene rings is 1. The van der Waals surface area contributed by atoms with Gasteiger partial charge in [0.2, 0.25) is 0 Å². The van der Waals surface area contributed by atoms with Crippen molar-refractivity contribution < 1.29 is 19.2 Å². The second-order valence-corrected chi connectivity index (χ2v) is 5.58. The summed E-state index contributed by atoms with van der Waals surface area (Å²) < 4.78 is 11.2. The van der Waals surface area contributed by atoms with Gasteiger partial charge in [0.05, 0.1) is 12.2 Å². The summed E-state index contributed by atoms with van der Waals surface area (Å²) in [4.78, 5) is 11.5. The van der Waals surface area contributed by atoms with Crippen molar-refractivity contribution in [2.45, 2.75) is 33.1 Å². The van der Waals surface area contributed by atoms with Crippen LogP contribution in [0.3, 0.4) is 0 Å². The van der Waals surface area contributed by atoms with Crippen LogP contribution in [-0.4, -0.2) is 30.7 Å². The summed E-state index contributed by atoms with van der Waals surface area (Å²) in [6.45, 7) is 6.18. The van der Waals surface area contributed by atoms with Gasteiger partial charge in [0, 0.05) is 11.5 Å². The Bertz CT molecular complexity index is 752. The van der Waals surface area contributed by atoms with E-state index in [-0.39, 0.29) is 16.9 Å². The SMILES string of the molecule is CCNCCCCCOc1ccc2cc(C(C)=O)c(=NO)oc2c1. The molecule has 0 bridgehead atoms. The fourth-order valence-corrected chi connectivity index (χ4v) is 2.41. The molecule has 2 rings (SSSR count). The van der Waals surface area contributed by atoms with Gasteiger partial charge in [0.25, 0.3) is 5.55 Å². The Morgan fingerprint density at radius 3 is 2.83 bits per heavy atom. The van der Waals surface area contributed by atoms with Crippen molar-refractivity contribution in [1.82, 2.24) is 5.32 Å². The molecule has 0 aliphatic rings. The maximum atomic E-state index is 11.5. The van der Waals surface area contributed by atoms with Crippen molar-refractivity contribution in [1.29, 1.82) is 0 Å². The van der Waals surface area contributed by atoms with Crippen molar-refractivity contribution >= 4 is 16.8 Å². The normalized spacial score (nSPS) is 11.8. The summed E-state index contributed by atoms with van der Waals surface area (Å²) in [5.74, 6) is 0.476. The zero-order chi connectivity index (χ0) is 17.4. The number of nitrogens with zero attached hydrogens (tertiary/aromatic N) is 1. The summed E-state index contributed by atoms with van der Waals surface area (Å²) in [6.07, 6.45) is 3.24. The van der Waals surface area contributed by atoms with Crippen molar-refractivity contribution in [3.63, 3.8) is 0 Å². The lowest BCUT2D eigenvalue weighted by atomic mass is 10.1. The molecule has 0 atom stereocenters. The summed E-state index contributed by atoms with van der Waals surface area (Å²) >= 11 is 0. The van der Waals surface area contributed by atoms with E-state index in [0.717, 1.165) is 37.7 Å². The molecule has 0 radical (unpaired) electrons. The minimum atomic E-state index is -0.216. The number of Topliss-reactive ketones (excluding diaryl/α,β-unsaturated/α-hetero) is 1. The van der Waals surface area contributed by atoms with Crippen LogP contribution < -0.4 is 15.6 Å². The molecular weight excluding hydrogens is 308 g/mol. The molecular formula is C18H24N2O4. The average Bonchev–Trinajstić information content (AvgIpc) is 2.59. The van der Waals surface area contributed by atoms with Crippen molar-refractivity contribution in [2.24, 2.45) is 5.16 Å². The number of ether oxygens (including phenoxy) is 1. The second kappa shape index (κ2) is 9.08. The first-order valence-corrected chi connectivity index (χ1v) is 8.26. The highest BCUT2D eigenvalue weighted by atomic mass is 16.5. The largest absolute Gasteiger partial charge is 0.493 e. The van der Waals surface area contributed by atoms with Gasteiger partial charge in [-0.1, -0.05) is 6.92 Å². The quantitative estimate of drug-likeness (QED) is 0.319. The molecule has 2 N–H and O–H groups in total. The third kappa shape index (κ3) is 4.83. The molecule has 0 fully saturated rings. The van der Waals surface area contributed by atoms with E-state index in [1.54, 1.807) is 12.1 Å². The second-order valence-electron chi connectivity index (χ2n) is 5.58. The van der Waals surface area contributed by atoms with Gasteiger partial charge < -0.3 is 19.7 Å². The maximum Gasteiger partial charge on any atom is 0.266 e. The summed E-state index contributed by atoms with van der Waals surface area (Å²) in [6, 6.07) is 7.07. The minimum Gasteiger partial charge on any atom is -0.493 e. The Morgan fingerprint density at radius 2 is 2.12 bits per heavy atom. The van der Waals surface area contributed by atoms with Crippen LogP contribution in [0.25, 0.3) is 11.0 Å².